The lowest BCUT2D eigenvalue weighted by Gasteiger charge is -2.27. The zero-order chi connectivity index (χ0) is 22.6. The van der Waals surface area contributed by atoms with Gasteiger partial charge in [0.2, 0.25) is 5.91 Å². The molecule has 4 rings (SSSR count). The second kappa shape index (κ2) is 9.06. The van der Waals surface area contributed by atoms with Gasteiger partial charge in [-0.3, -0.25) is 14.5 Å². The summed E-state index contributed by atoms with van der Waals surface area (Å²) >= 11 is 0. The van der Waals surface area contributed by atoms with Crippen LogP contribution in [0.25, 0.3) is 0 Å². The molecule has 0 aromatic heterocycles. The third kappa shape index (κ3) is 4.25. The highest BCUT2D eigenvalue weighted by Gasteiger charge is 2.52. The molecule has 4 amide bonds. The first-order chi connectivity index (χ1) is 15.5. The molecule has 0 bridgehead atoms. The molecule has 0 radical (unpaired) electrons. The molecule has 3 aromatic rings. The largest absolute Gasteiger partial charge is 0.348 e. The van der Waals surface area contributed by atoms with Crippen molar-refractivity contribution in [3.05, 3.63) is 108 Å². The zero-order valence-corrected chi connectivity index (χ0v) is 17.8. The highest BCUT2D eigenvalue weighted by Crippen LogP contribution is 2.33. The Morgan fingerprint density at radius 1 is 0.906 bits per heavy atom. The third-order valence-corrected chi connectivity index (χ3v) is 5.73. The van der Waals surface area contributed by atoms with E-state index in [4.69, 9.17) is 0 Å². The van der Waals surface area contributed by atoms with E-state index in [1.165, 1.54) is 0 Å². The molecule has 0 aliphatic carbocycles. The van der Waals surface area contributed by atoms with Gasteiger partial charge in [0, 0.05) is 6.42 Å². The molecule has 2 N–H and O–H groups in total. The highest BCUT2D eigenvalue weighted by molar-refractivity contribution is 6.09. The summed E-state index contributed by atoms with van der Waals surface area (Å²) in [7, 11) is 0. The molecule has 1 aliphatic rings. The fraction of sp³-hybridized carbons (Fsp3) is 0.192. The standard InChI is InChI=1S/C26H25N3O3/c1-19(21-13-7-3-8-14-21)27-23(30)18-29-24(31)26(28-25(29)32,22-15-9-4-10-16-22)17-20-11-5-2-6-12-20/h2-16,19H,17-18H2,1H3,(H,27,30)(H,28,32)/t19-,26-/m0/s1. The van der Waals surface area contributed by atoms with Crippen LogP contribution in [0.1, 0.15) is 29.7 Å². The predicted octanol–water partition coefficient (Wildman–Crippen LogP) is 3.55. The lowest BCUT2D eigenvalue weighted by Crippen LogP contribution is -2.47. The number of hydrogen-bond acceptors (Lipinski definition) is 3. The molecule has 1 aliphatic heterocycles. The summed E-state index contributed by atoms with van der Waals surface area (Å²) in [6.45, 7) is 1.52. The lowest BCUT2D eigenvalue weighted by molar-refractivity contribution is -0.135. The van der Waals surface area contributed by atoms with Crippen molar-refractivity contribution < 1.29 is 14.4 Å². The molecule has 3 aromatic carbocycles. The zero-order valence-electron chi connectivity index (χ0n) is 17.8. The highest BCUT2D eigenvalue weighted by atomic mass is 16.2. The number of nitrogens with zero attached hydrogens (tertiary/aromatic N) is 1. The molecular formula is C26H25N3O3. The molecule has 1 heterocycles. The van der Waals surface area contributed by atoms with Gasteiger partial charge in [0.05, 0.1) is 6.04 Å². The van der Waals surface area contributed by atoms with Crippen molar-refractivity contribution in [1.29, 1.82) is 0 Å². The Kier molecular flexibility index (Phi) is 6.03. The number of hydrogen-bond donors (Lipinski definition) is 2. The van der Waals surface area contributed by atoms with Crippen LogP contribution in [0.5, 0.6) is 0 Å². The minimum absolute atomic E-state index is 0.243. The van der Waals surface area contributed by atoms with Gasteiger partial charge in [0.15, 0.2) is 5.54 Å². The number of nitrogens with one attached hydrogen (secondary N) is 2. The Balaban J connectivity index is 1.56. The van der Waals surface area contributed by atoms with Crippen molar-refractivity contribution in [1.82, 2.24) is 15.5 Å². The maximum absolute atomic E-state index is 13.6. The SMILES string of the molecule is C[C@H](NC(=O)CN1C(=O)N[C@@](Cc2ccccc2)(c2ccccc2)C1=O)c1ccccc1. The first-order valence-electron chi connectivity index (χ1n) is 10.6. The fourth-order valence-corrected chi connectivity index (χ4v) is 4.07. The van der Waals surface area contributed by atoms with Crippen LogP contribution in [0.3, 0.4) is 0 Å². The van der Waals surface area contributed by atoms with Crippen LogP contribution in [0.2, 0.25) is 0 Å². The summed E-state index contributed by atoms with van der Waals surface area (Å²) in [5.41, 5.74) is 1.28. The molecular weight excluding hydrogens is 402 g/mol. The Bertz CT molecular complexity index is 1100. The van der Waals surface area contributed by atoms with Crippen molar-refractivity contribution in [3.8, 4) is 0 Å². The van der Waals surface area contributed by atoms with E-state index in [2.05, 4.69) is 10.6 Å². The van der Waals surface area contributed by atoms with Crippen LogP contribution in [-0.4, -0.2) is 29.3 Å². The average molecular weight is 428 g/mol. The van der Waals surface area contributed by atoms with Gasteiger partial charge in [0.25, 0.3) is 5.91 Å². The molecule has 32 heavy (non-hydrogen) atoms. The minimum atomic E-state index is -1.26. The monoisotopic (exact) mass is 427 g/mol. The number of benzene rings is 3. The smallest absolute Gasteiger partial charge is 0.325 e. The second-order valence-corrected chi connectivity index (χ2v) is 7.96. The molecule has 0 saturated carbocycles. The van der Waals surface area contributed by atoms with E-state index in [1.54, 1.807) is 0 Å². The Morgan fingerprint density at radius 2 is 1.47 bits per heavy atom. The summed E-state index contributed by atoms with van der Waals surface area (Å²) in [4.78, 5) is 40.2. The average Bonchev–Trinajstić information content (AvgIpc) is 3.05. The van der Waals surface area contributed by atoms with Crippen molar-refractivity contribution in [2.24, 2.45) is 0 Å². The normalized spacial score (nSPS) is 18.8. The van der Waals surface area contributed by atoms with Gasteiger partial charge in [-0.2, -0.15) is 0 Å². The molecule has 0 unspecified atom stereocenters. The summed E-state index contributed by atoms with van der Waals surface area (Å²) in [5, 5.41) is 5.75. The molecule has 6 heteroatoms. The fourth-order valence-electron chi connectivity index (χ4n) is 4.07. The Labute approximate surface area is 187 Å². The topological polar surface area (TPSA) is 78.5 Å². The number of carbonyl (C=O) groups is 3. The summed E-state index contributed by atoms with van der Waals surface area (Å²) in [5.74, 6) is -0.825. The first kappa shape index (κ1) is 21.3. The Hall–Kier alpha value is -3.93. The van der Waals surface area contributed by atoms with Crippen molar-refractivity contribution in [3.63, 3.8) is 0 Å². The number of carbonyl (C=O) groups excluding carboxylic acids is 3. The third-order valence-electron chi connectivity index (χ3n) is 5.73. The van der Waals surface area contributed by atoms with Crippen LogP contribution < -0.4 is 10.6 Å². The van der Waals surface area contributed by atoms with Gasteiger partial charge >= 0.3 is 6.03 Å². The van der Waals surface area contributed by atoms with Gasteiger partial charge in [-0.15, -0.1) is 0 Å². The number of amides is 4. The summed E-state index contributed by atoms with van der Waals surface area (Å²) < 4.78 is 0. The van der Waals surface area contributed by atoms with Gasteiger partial charge < -0.3 is 10.6 Å². The van der Waals surface area contributed by atoms with Gasteiger partial charge in [-0.05, 0) is 23.6 Å². The number of rotatable bonds is 7. The number of urea groups is 1. The van der Waals surface area contributed by atoms with E-state index in [0.717, 1.165) is 16.0 Å². The van der Waals surface area contributed by atoms with E-state index in [1.807, 2.05) is 97.9 Å². The van der Waals surface area contributed by atoms with Gasteiger partial charge in [0.1, 0.15) is 6.54 Å². The molecule has 1 fully saturated rings. The van der Waals surface area contributed by atoms with E-state index in [-0.39, 0.29) is 12.6 Å². The number of imide groups is 1. The van der Waals surface area contributed by atoms with Gasteiger partial charge in [-0.1, -0.05) is 91.0 Å². The lowest BCUT2D eigenvalue weighted by atomic mass is 9.83. The van der Waals surface area contributed by atoms with Crippen LogP contribution in [0, 0.1) is 0 Å². The van der Waals surface area contributed by atoms with Gasteiger partial charge in [-0.25, -0.2) is 4.79 Å². The summed E-state index contributed by atoms with van der Waals surface area (Å²) in [6.07, 6.45) is 0.293. The van der Waals surface area contributed by atoms with E-state index in [9.17, 15) is 14.4 Å². The predicted molar refractivity (Wildman–Crippen MR) is 122 cm³/mol. The molecule has 1 saturated heterocycles. The molecule has 0 spiro atoms. The van der Waals surface area contributed by atoms with Crippen molar-refractivity contribution in [2.45, 2.75) is 24.9 Å². The van der Waals surface area contributed by atoms with Crippen LogP contribution in [0.15, 0.2) is 91.0 Å². The Morgan fingerprint density at radius 3 is 2.09 bits per heavy atom. The van der Waals surface area contributed by atoms with Crippen LogP contribution >= 0.6 is 0 Å². The maximum Gasteiger partial charge on any atom is 0.325 e. The first-order valence-corrected chi connectivity index (χ1v) is 10.6. The summed E-state index contributed by atoms with van der Waals surface area (Å²) in [6, 6.07) is 27.4. The molecule has 162 valence electrons. The van der Waals surface area contributed by atoms with E-state index >= 15 is 0 Å². The van der Waals surface area contributed by atoms with E-state index in [0.29, 0.717) is 12.0 Å². The van der Waals surface area contributed by atoms with Crippen LogP contribution in [-0.2, 0) is 21.5 Å². The van der Waals surface area contributed by atoms with Crippen molar-refractivity contribution >= 4 is 17.8 Å². The van der Waals surface area contributed by atoms with Crippen molar-refractivity contribution in [2.75, 3.05) is 6.54 Å². The minimum Gasteiger partial charge on any atom is -0.348 e. The second-order valence-electron chi connectivity index (χ2n) is 7.96. The maximum atomic E-state index is 13.6. The molecule has 6 nitrogen and oxygen atoms in total. The quantitative estimate of drug-likeness (QED) is 0.566. The van der Waals surface area contributed by atoms with Crippen LogP contribution in [0.4, 0.5) is 4.79 Å². The molecule has 2 atom stereocenters. The van der Waals surface area contributed by atoms with E-state index < -0.39 is 23.4 Å².